The topological polar surface area (TPSA) is 32.3 Å². The molecule has 1 atom stereocenters. The van der Waals surface area contributed by atoms with Crippen LogP contribution in [0.3, 0.4) is 0 Å². The molecule has 84 valence electrons. The van der Waals surface area contributed by atoms with Gasteiger partial charge in [-0.25, -0.2) is 0 Å². The number of hydrogen-bond acceptors (Lipinski definition) is 2. The Morgan fingerprint density at radius 2 is 2.50 bits per heavy atom. The number of para-hydroxylation sites is 1. The molecule has 1 unspecified atom stereocenters. The van der Waals surface area contributed by atoms with Crippen molar-refractivity contribution in [2.24, 2.45) is 5.92 Å². The molecule has 0 radical (unpaired) electrons. The zero-order valence-corrected chi connectivity index (χ0v) is 9.15. The van der Waals surface area contributed by atoms with Crippen LogP contribution < -0.4 is 10.2 Å². The Hall–Kier alpha value is -1.77. The molecular formula is C13H16N2O. The molecule has 1 saturated heterocycles. The molecule has 1 heterocycles. The van der Waals surface area contributed by atoms with Gasteiger partial charge in [0, 0.05) is 18.8 Å². The van der Waals surface area contributed by atoms with Gasteiger partial charge in [0.25, 0.3) is 0 Å². The van der Waals surface area contributed by atoms with Crippen molar-refractivity contribution in [2.45, 2.75) is 6.42 Å². The van der Waals surface area contributed by atoms with Gasteiger partial charge in [-0.15, -0.1) is 0 Å². The standard InChI is InChI=1S/C13H16N2O/c1-2-14-13(16)11-8-9-15(10-11)12-6-4-3-5-7-12/h2-7,11H,1,8-10H2,(H,14,16)/i4T. The van der Waals surface area contributed by atoms with Crippen molar-refractivity contribution in [1.29, 1.82) is 0 Å². The minimum atomic E-state index is 0.0161. The average molecular weight is 218 g/mol. The summed E-state index contributed by atoms with van der Waals surface area (Å²) < 4.78 is 7.58. The molecule has 1 fully saturated rings. The van der Waals surface area contributed by atoms with E-state index in [4.69, 9.17) is 1.37 Å². The molecule has 0 saturated carbocycles. The molecule has 0 spiro atoms. The summed E-state index contributed by atoms with van der Waals surface area (Å²) in [6.07, 6.45) is 2.28. The van der Waals surface area contributed by atoms with E-state index in [0.29, 0.717) is 12.6 Å². The van der Waals surface area contributed by atoms with E-state index < -0.39 is 0 Å². The SMILES string of the molecule is [3H]c1cccc(N2CCC(C(=O)NC=C)C2)c1. The minimum Gasteiger partial charge on any atom is -0.371 e. The lowest BCUT2D eigenvalue weighted by Crippen LogP contribution is -2.29. The predicted octanol–water partition coefficient (Wildman–Crippen LogP) is 1.77. The summed E-state index contributed by atoms with van der Waals surface area (Å²) in [5, 5.41) is 2.63. The number of hydrogen-bond donors (Lipinski definition) is 1. The minimum absolute atomic E-state index is 0.0161. The molecule has 0 bridgehead atoms. The van der Waals surface area contributed by atoms with Crippen LogP contribution in [0.2, 0.25) is 0 Å². The van der Waals surface area contributed by atoms with Gasteiger partial charge in [0.1, 0.15) is 0 Å². The number of anilines is 1. The molecule has 3 nitrogen and oxygen atoms in total. The molecule has 16 heavy (non-hydrogen) atoms. The Kier molecular flexibility index (Phi) is 2.86. The van der Waals surface area contributed by atoms with E-state index in [1.54, 1.807) is 6.07 Å². The molecular weight excluding hydrogens is 200 g/mol. The number of carbonyl (C=O) groups is 1. The number of benzene rings is 1. The first-order chi connectivity index (χ1) is 8.20. The molecule has 1 aromatic carbocycles. The maximum absolute atomic E-state index is 11.6. The van der Waals surface area contributed by atoms with Crippen molar-refractivity contribution < 1.29 is 6.17 Å². The zero-order chi connectivity index (χ0) is 12.3. The van der Waals surface area contributed by atoms with E-state index >= 15 is 0 Å². The van der Waals surface area contributed by atoms with Gasteiger partial charge in [-0.2, -0.15) is 0 Å². The van der Waals surface area contributed by atoms with Crippen LogP contribution in [0, 0.1) is 5.92 Å². The largest absolute Gasteiger partial charge is 0.371 e. The van der Waals surface area contributed by atoms with Gasteiger partial charge in [0.05, 0.1) is 7.29 Å². The third-order valence-corrected chi connectivity index (χ3v) is 2.86. The molecule has 1 amide bonds. The highest BCUT2D eigenvalue weighted by Crippen LogP contribution is 2.23. The van der Waals surface area contributed by atoms with Crippen LogP contribution in [0.1, 0.15) is 7.79 Å². The van der Waals surface area contributed by atoms with Crippen molar-refractivity contribution in [1.82, 2.24) is 5.32 Å². The monoisotopic (exact) mass is 218 g/mol. The fourth-order valence-corrected chi connectivity index (χ4v) is 2.01. The smallest absolute Gasteiger partial charge is 0.228 e. The summed E-state index contributed by atoms with van der Waals surface area (Å²) in [7, 11) is 0. The number of amides is 1. The average Bonchev–Trinajstić information content (AvgIpc) is 2.78. The Labute approximate surface area is 97.2 Å². The van der Waals surface area contributed by atoms with Crippen molar-refractivity contribution >= 4 is 11.6 Å². The second-order valence-electron chi connectivity index (χ2n) is 3.91. The highest BCUT2D eigenvalue weighted by atomic mass is 16.1. The normalized spacial score (nSPS) is 20.4. The van der Waals surface area contributed by atoms with Crippen LogP contribution in [0.5, 0.6) is 0 Å². The lowest BCUT2D eigenvalue weighted by atomic mass is 10.1. The van der Waals surface area contributed by atoms with Crippen molar-refractivity contribution in [2.75, 3.05) is 18.0 Å². The van der Waals surface area contributed by atoms with Gasteiger partial charge in [0.15, 0.2) is 0 Å². The first-order valence-corrected chi connectivity index (χ1v) is 5.43. The number of carbonyl (C=O) groups excluding carboxylic acids is 1. The van der Waals surface area contributed by atoms with E-state index in [1.165, 1.54) is 6.20 Å². The van der Waals surface area contributed by atoms with Gasteiger partial charge >= 0.3 is 0 Å². The summed E-state index contributed by atoms with van der Waals surface area (Å²) in [5.41, 5.74) is 1.02. The Morgan fingerprint density at radius 1 is 1.62 bits per heavy atom. The number of nitrogens with one attached hydrogen (secondary N) is 1. The molecule has 1 aromatic rings. The molecule has 1 aliphatic rings. The first-order valence-electron chi connectivity index (χ1n) is 5.93. The summed E-state index contributed by atoms with van der Waals surface area (Å²) in [5.74, 6) is 0.0481. The second-order valence-corrected chi connectivity index (χ2v) is 3.91. The van der Waals surface area contributed by atoms with Crippen molar-refractivity contribution in [3.05, 3.63) is 43.1 Å². The quantitative estimate of drug-likeness (QED) is 0.838. The summed E-state index contributed by atoms with van der Waals surface area (Å²) in [6.45, 7) is 5.06. The number of nitrogens with zero attached hydrogens (tertiary/aromatic N) is 1. The van der Waals surface area contributed by atoms with Gasteiger partial charge in [-0.1, -0.05) is 24.8 Å². The third kappa shape index (κ3) is 2.24. The molecule has 1 N–H and O–H groups in total. The van der Waals surface area contributed by atoms with Gasteiger partial charge in [-0.3, -0.25) is 4.79 Å². The fraction of sp³-hybridized carbons (Fsp3) is 0.308. The van der Waals surface area contributed by atoms with Gasteiger partial charge < -0.3 is 10.2 Å². The van der Waals surface area contributed by atoms with Crippen LogP contribution in [-0.2, 0) is 4.79 Å². The first kappa shape index (κ1) is 9.46. The van der Waals surface area contributed by atoms with E-state index in [-0.39, 0.29) is 11.8 Å². The van der Waals surface area contributed by atoms with Gasteiger partial charge in [0.2, 0.25) is 5.91 Å². The zero-order valence-electron chi connectivity index (χ0n) is 10.1. The predicted molar refractivity (Wildman–Crippen MR) is 65.1 cm³/mol. The van der Waals surface area contributed by atoms with Crippen LogP contribution in [0.15, 0.2) is 43.1 Å². The van der Waals surface area contributed by atoms with Crippen LogP contribution >= 0.6 is 0 Å². The van der Waals surface area contributed by atoms with Crippen LogP contribution in [0.25, 0.3) is 0 Å². The summed E-state index contributed by atoms with van der Waals surface area (Å²) in [4.78, 5) is 13.8. The number of rotatable bonds is 3. The Morgan fingerprint density at radius 3 is 3.25 bits per heavy atom. The Bertz CT molecular complexity index is 433. The molecule has 3 heteroatoms. The second kappa shape index (κ2) is 4.84. The maximum atomic E-state index is 11.6. The maximum Gasteiger partial charge on any atom is 0.228 e. The van der Waals surface area contributed by atoms with Crippen LogP contribution in [0.4, 0.5) is 5.69 Å². The van der Waals surface area contributed by atoms with Crippen molar-refractivity contribution in [3.8, 4) is 0 Å². The lowest BCUT2D eigenvalue weighted by Gasteiger charge is -2.18. The van der Waals surface area contributed by atoms with E-state index in [0.717, 1.165) is 18.7 Å². The Balaban J connectivity index is 2.02. The highest BCUT2D eigenvalue weighted by Gasteiger charge is 2.27. The van der Waals surface area contributed by atoms with E-state index in [2.05, 4.69) is 16.8 Å². The summed E-state index contributed by atoms with van der Waals surface area (Å²) >= 11 is 0. The lowest BCUT2D eigenvalue weighted by molar-refractivity contribution is -0.123. The highest BCUT2D eigenvalue weighted by molar-refractivity contribution is 5.80. The molecule has 0 aromatic heterocycles. The summed E-state index contributed by atoms with van der Waals surface area (Å²) in [6, 6.07) is 7.93. The third-order valence-electron chi connectivity index (χ3n) is 2.86. The molecule has 0 aliphatic carbocycles. The van der Waals surface area contributed by atoms with Crippen molar-refractivity contribution in [3.63, 3.8) is 0 Å². The fourth-order valence-electron chi connectivity index (χ4n) is 2.01. The van der Waals surface area contributed by atoms with E-state index in [1.807, 2.05) is 18.2 Å². The van der Waals surface area contributed by atoms with Crippen LogP contribution in [-0.4, -0.2) is 19.0 Å². The van der Waals surface area contributed by atoms with E-state index in [9.17, 15) is 4.79 Å². The molecule has 1 aliphatic heterocycles. The van der Waals surface area contributed by atoms with Gasteiger partial charge in [-0.05, 0) is 24.8 Å². The molecule has 2 rings (SSSR count).